The molecule has 110 valence electrons. The Labute approximate surface area is 125 Å². The molecule has 0 amide bonds. The van der Waals surface area contributed by atoms with Gasteiger partial charge in [-0.3, -0.25) is 0 Å². The topological polar surface area (TPSA) is 23.0 Å². The van der Waals surface area contributed by atoms with Crippen molar-refractivity contribution in [2.45, 2.75) is 13.1 Å². The van der Waals surface area contributed by atoms with Crippen LogP contribution >= 0.6 is 0 Å². The number of H-pyrrole nitrogens is 1. The summed E-state index contributed by atoms with van der Waals surface area (Å²) in [4.78, 5) is 6.34. The lowest BCUT2D eigenvalue weighted by molar-refractivity contribution is -1.02. The molecule has 0 atom stereocenters. The van der Waals surface area contributed by atoms with Gasteiger partial charge in [-0.1, -0.05) is 12.1 Å². The van der Waals surface area contributed by atoms with Gasteiger partial charge in [0.1, 0.15) is 45.1 Å². The van der Waals surface area contributed by atoms with Crippen molar-refractivity contribution in [1.29, 1.82) is 0 Å². The van der Waals surface area contributed by atoms with Gasteiger partial charge in [0.05, 0.1) is 5.56 Å². The molecular formula is C17H23FN3+3. The third kappa shape index (κ3) is 4.09. The van der Waals surface area contributed by atoms with Gasteiger partial charge in [0.15, 0.2) is 12.4 Å². The van der Waals surface area contributed by atoms with Crippen LogP contribution in [0.1, 0.15) is 11.1 Å². The molecule has 1 aromatic heterocycles. The van der Waals surface area contributed by atoms with Crippen LogP contribution in [0, 0.1) is 5.82 Å². The molecule has 0 radical (unpaired) electrons. The van der Waals surface area contributed by atoms with Crippen LogP contribution in [0.25, 0.3) is 0 Å². The zero-order chi connectivity index (χ0) is 14.5. The van der Waals surface area contributed by atoms with Crippen LogP contribution in [0.2, 0.25) is 0 Å². The number of piperazine rings is 1. The van der Waals surface area contributed by atoms with E-state index in [1.807, 2.05) is 12.3 Å². The normalized spacial score (nSPS) is 22.1. The first-order valence-electron chi connectivity index (χ1n) is 7.66. The summed E-state index contributed by atoms with van der Waals surface area (Å²) in [5.41, 5.74) is 2.46. The number of quaternary nitrogens is 2. The average Bonchev–Trinajstić information content (AvgIpc) is 2.50. The number of aromatic amines is 1. The van der Waals surface area contributed by atoms with E-state index in [1.54, 1.807) is 21.9 Å². The number of rotatable bonds is 4. The smallest absolute Gasteiger partial charge is 0.175 e. The first-order chi connectivity index (χ1) is 10.3. The van der Waals surface area contributed by atoms with Crippen LogP contribution in [-0.4, -0.2) is 26.2 Å². The highest BCUT2D eigenvalue weighted by Crippen LogP contribution is 2.01. The lowest BCUT2D eigenvalue weighted by Gasteiger charge is -2.29. The Morgan fingerprint density at radius 1 is 0.905 bits per heavy atom. The Bertz CT molecular complexity index is 565. The molecule has 1 saturated heterocycles. The molecule has 1 aliphatic rings. The fraction of sp³-hybridized carbons (Fsp3) is 0.353. The highest BCUT2D eigenvalue weighted by molar-refractivity contribution is 5.15. The molecule has 1 aromatic carbocycles. The molecule has 0 unspecified atom stereocenters. The van der Waals surface area contributed by atoms with Gasteiger partial charge in [0.25, 0.3) is 0 Å². The van der Waals surface area contributed by atoms with Gasteiger partial charge in [-0.25, -0.2) is 9.37 Å². The molecule has 3 rings (SSSR count). The molecule has 1 fully saturated rings. The maximum Gasteiger partial charge on any atom is 0.175 e. The first kappa shape index (κ1) is 14.2. The number of nitrogens with one attached hydrogen (secondary N) is 3. The Balaban J connectivity index is 1.49. The number of hydrogen-bond donors (Lipinski definition) is 2. The molecule has 0 bridgehead atoms. The van der Waals surface area contributed by atoms with Crippen molar-refractivity contribution in [3.63, 3.8) is 0 Å². The number of halogens is 1. The number of pyridine rings is 1. The molecule has 4 heteroatoms. The van der Waals surface area contributed by atoms with Gasteiger partial charge in [-0.2, -0.15) is 0 Å². The predicted molar refractivity (Wildman–Crippen MR) is 78.2 cm³/mol. The van der Waals surface area contributed by atoms with Crippen LogP contribution in [0.15, 0.2) is 48.8 Å². The maximum atomic E-state index is 13.2. The third-order valence-corrected chi connectivity index (χ3v) is 4.23. The lowest BCUT2D eigenvalue weighted by Crippen LogP contribution is -3.27. The second-order valence-electron chi connectivity index (χ2n) is 5.90. The number of benzene rings is 1. The largest absolute Gasteiger partial charge is 0.322 e. The van der Waals surface area contributed by atoms with Crippen LogP contribution in [0.5, 0.6) is 0 Å². The minimum atomic E-state index is -0.128. The van der Waals surface area contributed by atoms with E-state index in [0.717, 1.165) is 31.7 Å². The number of aromatic nitrogens is 1. The van der Waals surface area contributed by atoms with E-state index < -0.39 is 0 Å². The highest BCUT2D eigenvalue weighted by atomic mass is 19.1. The fourth-order valence-corrected chi connectivity index (χ4v) is 3.08. The van der Waals surface area contributed by atoms with Crippen molar-refractivity contribution < 1.29 is 19.2 Å². The maximum absolute atomic E-state index is 13.2. The second kappa shape index (κ2) is 6.78. The molecule has 3 N–H and O–H groups in total. The zero-order valence-electron chi connectivity index (χ0n) is 12.2. The van der Waals surface area contributed by atoms with Crippen molar-refractivity contribution in [1.82, 2.24) is 0 Å². The summed E-state index contributed by atoms with van der Waals surface area (Å²) in [5.74, 6) is -0.128. The van der Waals surface area contributed by atoms with E-state index in [-0.39, 0.29) is 5.82 Å². The van der Waals surface area contributed by atoms with E-state index in [4.69, 9.17) is 0 Å². The van der Waals surface area contributed by atoms with E-state index in [0.29, 0.717) is 0 Å². The van der Waals surface area contributed by atoms with Gasteiger partial charge in [-0.05, 0) is 18.2 Å². The Morgan fingerprint density at radius 3 is 2.19 bits per heavy atom. The molecule has 0 saturated carbocycles. The van der Waals surface area contributed by atoms with Crippen molar-refractivity contribution in [2.75, 3.05) is 26.2 Å². The molecule has 2 heterocycles. The zero-order valence-corrected chi connectivity index (χ0v) is 12.2. The molecule has 21 heavy (non-hydrogen) atoms. The summed E-state index contributed by atoms with van der Waals surface area (Å²) in [7, 11) is 0. The number of hydrogen-bond acceptors (Lipinski definition) is 0. The molecular weight excluding hydrogens is 265 g/mol. The molecule has 0 aliphatic carbocycles. The average molecular weight is 288 g/mol. The first-order valence-corrected chi connectivity index (χ1v) is 7.66. The van der Waals surface area contributed by atoms with E-state index in [1.165, 1.54) is 24.7 Å². The SMILES string of the molecule is Fc1cccc(C[NH+]2CC[NH+](Cc3ccc[nH+]c3)CC2)c1. The summed E-state index contributed by atoms with van der Waals surface area (Å²) < 4.78 is 13.2. The standard InChI is InChI=1S/C17H20FN3/c18-17-5-1-3-15(11-17)13-20-7-9-21(10-8-20)14-16-4-2-6-19-12-16/h1-6,11-12H,7-10,13-14H2/p+3. The van der Waals surface area contributed by atoms with Gasteiger partial charge in [0, 0.05) is 11.6 Å². The summed E-state index contributed by atoms with van der Waals surface area (Å²) >= 11 is 0. The Kier molecular flexibility index (Phi) is 4.58. The van der Waals surface area contributed by atoms with E-state index in [9.17, 15) is 4.39 Å². The summed E-state index contributed by atoms with van der Waals surface area (Å²) in [6, 6.07) is 11.2. The third-order valence-electron chi connectivity index (χ3n) is 4.23. The molecule has 3 nitrogen and oxygen atoms in total. The molecule has 2 aromatic rings. The van der Waals surface area contributed by atoms with Gasteiger partial charge in [-0.15, -0.1) is 0 Å². The van der Waals surface area contributed by atoms with E-state index in [2.05, 4.69) is 23.3 Å². The quantitative estimate of drug-likeness (QED) is 0.730. The minimum absolute atomic E-state index is 0.128. The van der Waals surface area contributed by atoms with Crippen LogP contribution in [-0.2, 0) is 13.1 Å². The van der Waals surface area contributed by atoms with Gasteiger partial charge < -0.3 is 9.80 Å². The van der Waals surface area contributed by atoms with Crippen molar-refractivity contribution in [2.24, 2.45) is 0 Å². The predicted octanol–water partition coefficient (Wildman–Crippen LogP) is -0.877. The van der Waals surface area contributed by atoms with Crippen molar-refractivity contribution >= 4 is 0 Å². The lowest BCUT2D eigenvalue weighted by atomic mass is 10.2. The fourth-order valence-electron chi connectivity index (χ4n) is 3.08. The van der Waals surface area contributed by atoms with Crippen molar-refractivity contribution in [3.05, 3.63) is 65.7 Å². The summed E-state index contributed by atoms with van der Waals surface area (Å²) in [6.45, 7) is 6.69. The van der Waals surface area contributed by atoms with Gasteiger partial charge >= 0.3 is 0 Å². The Morgan fingerprint density at radius 2 is 1.57 bits per heavy atom. The molecule has 1 aliphatic heterocycles. The molecule has 0 spiro atoms. The second-order valence-corrected chi connectivity index (χ2v) is 5.90. The van der Waals surface area contributed by atoms with E-state index >= 15 is 0 Å². The summed E-state index contributed by atoms with van der Waals surface area (Å²) in [6.07, 6.45) is 4.03. The van der Waals surface area contributed by atoms with Crippen LogP contribution < -0.4 is 14.8 Å². The summed E-state index contributed by atoms with van der Waals surface area (Å²) in [5, 5.41) is 0. The monoisotopic (exact) mass is 288 g/mol. The van der Waals surface area contributed by atoms with Crippen molar-refractivity contribution in [3.8, 4) is 0 Å². The highest BCUT2D eigenvalue weighted by Gasteiger charge is 2.23. The minimum Gasteiger partial charge on any atom is -0.322 e. The Hall–Kier alpha value is -1.78. The van der Waals surface area contributed by atoms with Gasteiger partial charge in [0.2, 0.25) is 0 Å². The van der Waals surface area contributed by atoms with Crippen LogP contribution in [0.3, 0.4) is 0 Å². The van der Waals surface area contributed by atoms with Crippen LogP contribution in [0.4, 0.5) is 4.39 Å².